The van der Waals surface area contributed by atoms with Crippen molar-refractivity contribution in [1.82, 2.24) is 5.32 Å². The monoisotopic (exact) mass is 317 g/mol. The number of amides is 1. The van der Waals surface area contributed by atoms with Gasteiger partial charge in [-0.2, -0.15) is 0 Å². The molecule has 0 saturated carbocycles. The van der Waals surface area contributed by atoms with E-state index in [0.29, 0.717) is 10.9 Å². The van der Waals surface area contributed by atoms with E-state index in [4.69, 9.17) is 4.74 Å². The quantitative estimate of drug-likeness (QED) is 0.861. The molecule has 0 aliphatic rings. The van der Waals surface area contributed by atoms with E-state index >= 15 is 0 Å². The predicted molar refractivity (Wildman–Crippen MR) is 72.3 cm³/mol. The Morgan fingerprint density at radius 3 is 2.67 bits per heavy atom. The Morgan fingerprint density at radius 2 is 2.17 bits per heavy atom. The van der Waals surface area contributed by atoms with Crippen LogP contribution in [0.15, 0.2) is 24.3 Å². The van der Waals surface area contributed by atoms with Gasteiger partial charge in [0.15, 0.2) is 0 Å². The lowest BCUT2D eigenvalue weighted by Crippen LogP contribution is -2.35. The van der Waals surface area contributed by atoms with Gasteiger partial charge in [0.2, 0.25) is 0 Å². The molecular formula is C13H17BrFNO2. The predicted octanol–water partition coefficient (Wildman–Crippen LogP) is 3.79. The first-order valence-electron chi connectivity index (χ1n) is 5.63. The highest BCUT2D eigenvalue weighted by Gasteiger charge is 2.20. The van der Waals surface area contributed by atoms with Crippen LogP contribution >= 0.6 is 15.9 Å². The van der Waals surface area contributed by atoms with E-state index < -0.39 is 11.7 Å². The number of hydrogen-bond acceptors (Lipinski definition) is 2. The van der Waals surface area contributed by atoms with Crippen LogP contribution in [-0.4, -0.2) is 17.0 Å². The molecule has 0 aliphatic carbocycles. The van der Waals surface area contributed by atoms with Gasteiger partial charge in [-0.1, -0.05) is 28.1 Å². The van der Waals surface area contributed by atoms with Crippen LogP contribution in [0, 0.1) is 5.82 Å². The minimum Gasteiger partial charge on any atom is -0.444 e. The van der Waals surface area contributed by atoms with Gasteiger partial charge in [0.05, 0.1) is 6.04 Å². The first-order chi connectivity index (χ1) is 8.31. The standard InChI is InChI=1S/C13H17BrFNO2/c1-13(2,3)18-12(17)16-11(8-14)9-5-4-6-10(15)7-9/h4-7,11H,8H2,1-3H3,(H,16,17). The lowest BCUT2D eigenvalue weighted by atomic mass is 10.1. The van der Waals surface area contributed by atoms with E-state index in [0.717, 1.165) is 0 Å². The van der Waals surface area contributed by atoms with Crippen LogP contribution in [0.5, 0.6) is 0 Å². The topological polar surface area (TPSA) is 38.3 Å². The average Bonchev–Trinajstić information content (AvgIpc) is 2.23. The van der Waals surface area contributed by atoms with Gasteiger partial charge >= 0.3 is 6.09 Å². The van der Waals surface area contributed by atoms with E-state index in [2.05, 4.69) is 21.2 Å². The number of carbonyl (C=O) groups excluding carboxylic acids is 1. The zero-order chi connectivity index (χ0) is 13.8. The third-order valence-electron chi connectivity index (χ3n) is 2.10. The Balaban J connectivity index is 2.71. The molecule has 1 amide bonds. The van der Waals surface area contributed by atoms with E-state index in [1.165, 1.54) is 12.1 Å². The van der Waals surface area contributed by atoms with Crippen LogP contribution in [0.25, 0.3) is 0 Å². The third-order valence-corrected chi connectivity index (χ3v) is 2.74. The van der Waals surface area contributed by atoms with Crippen molar-refractivity contribution < 1.29 is 13.9 Å². The van der Waals surface area contributed by atoms with Gasteiger partial charge in [-0.15, -0.1) is 0 Å². The first-order valence-corrected chi connectivity index (χ1v) is 6.75. The SMILES string of the molecule is CC(C)(C)OC(=O)NC(CBr)c1cccc(F)c1. The minimum absolute atomic E-state index is 0.324. The summed E-state index contributed by atoms with van der Waals surface area (Å²) < 4.78 is 18.3. The van der Waals surface area contributed by atoms with Gasteiger partial charge in [0, 0.05) is 5.33 Å². The number of halogens is 2. The number of benzene rings is 1. The van der Waals surface area contributed by atoms with Crippen molar-refractivity contribution >= 4 is 22.0 Å². The highest BCUT2D eigenvalue weighted by Crippen LogP contribution is 2.17. The summed E-state index contributed by atoms with van der Waals surface area (Å²) >= 11 is 3.29. The second kappa shape index (κ2) is 6.18. The second-order valence-corrected chi connectivity index (χ2v) is 5.56. The molecule has 1 atom stereocenters. The summed E-state index contributed by atoms with van der Waals surface area (Å²) in [5, 5.41) is 3.17. The second-order valence-electron chi connectivity index (χ2n) is 4.91. The normalized spacial score (nSPS) is 12.9. The Morgan fingerprint density at radius 1 is 1.50 bits per heavy atom. The van der Waals surface area contributed by atoms with Gasteiger partial charge in [0.25, 0.3) is 0 Å². The summed E-state index contributed by atoms with van der Waals surface area (Å²) in [5.41, 5.74) is 0.140. The molecule has 0 radical (unpaired) electrons. The maximum Gasteiger partial charge on any atom is 0.408 e. The van der Waals surface area contributed by atoms with Crippen LogP contribution in [0.4, 0.5) is 9.18 Å². The lowest BCUT2D eigenvalue weighted by molar-refractivity contribution is 0.0509. The van der Waals surface area contributed by atoms with Crippen LogP contribution in [-0.2, 0) is 4.74 Å². The molecule has 18 heavy (non-hydrogen) atoms. The molecule has 0 aromatic heterocycles. The number of nitrogens with one attached hydrogen (secondary N) is 1. The van der Waals surface area contributed by atoms with Crippen LogP contribution in [0.2, 0.25) is 0 Å². The molecule has 0 bridgehead atoms. The molecule has 0 heterocycles. The van der Waals surface area contributed by atoms with Crippen molar-refractivity contribution in [2.45, 2.75) is 32.4 Å². The Bertz CT molecular complexity index is 418. The van der Waals surface area contributed by atoms with Gasteiger partial charge in [-0.05, 0) is 38.5 Å². The van der Waals surface area contributed by atoms with Crippen molar-refractivity contribution in [3.05, 3.63) is 35.6 Å². The van der Waals surface area contributed by atoms with Crippen LogP contribution in [0.1, 0.15) is 32.4 Å². The number of carbonyl (C=O) groups is 1. The van der Waals surface area contributed by atoms with Crippen molar-refractivity contribution in [2.24, 2.45) is 0 Å². The van der Waals surface area contributed by atoms with Gasteiger partial charge in [-0.25, -0.2) is 9.18 Å². The van der Waals surface area contributed by atoms with Gasteiger partial charge in [-0.3, -0.25) is 0 Å². The van der Waals surface area contributed by atoms with Gasteiger partial charge in [0.1, 0.15) is 11.4 Å². The molecule has 1 N–H and O–H groups in total. The van der Waals surface area contributed by atoms with Gasteiger partial charge < -0.3 is 10.1 Å². The smallest absolute Gasteiger partial charge is 0.408 e. The molecule has 0 fully saturated rings. The van der Waals surface area contributed by atoms with Crippen molar-refractivity contribution in [1.29, 1.82) is 0 Å². The highest BCUT2D eigenvalue weighted by molar-refractivity contribution is 9.09. The Kier molecular flexibility index (Phi) is 5.14. The molecule has 1 aromatic carbocycles. The number of rotatable bonds is 3. The largest absolute Gasteiger partial charge is 0.444 e. The molecule has 5 heteroatoms. The molecule has 1 unspecified atom stereocenters. The number of hydrogen-bond donors (Lipinski definition) is 1. The summed E-state index contributed by atoms with van der Waals surface area (Å²) in [5.74, 6) is -0.329. The summed E-state index contributed by atoms with van der Waals surface area (Å²) in [6.45, 7) is 5.37. The van der Waals surface area contributed by atoms with E-state index in [9.17, 15) is 9.18 Å². The van der Waals surface area contributed by atoms with E-state index in [1.54, 1.807) is 32.9 Å². The minimum atomic E-state index is -0.553. The van der Waals surface area contributed by atoms with Crippen molar-refractivity contribution in [2.75, 3.05) is 5.33 Å². The van der Waals surface area contributed by atoms with Crippen molar-refractivity contribution in [3.63, 3.8) is 0 Å². The Labute approximate surface area is 115 Å². The summed E-state index contributed by atoms with van der Waals surface area (Å²) in [6.07, 6.45) is -0.517. The zero-order valence-corrected chi connectivity index (χ0v) is 12.3. The van der Waals surface area contributed by atoms with Crippen LogP contribution in [0.3, 0.4) is 0 Å². The maximum atomic E-state index is 13.1. The first kappa shape index (κ1) is 15.0. The molecule has 0 saturated heterocycles. The molecule has 0 aliphatic heterocycles. The fraction of sp³-hybridized carbons (Fsp3) is 0.462. The highest BCUT2D eigenvalue weighted by atomic mass is 79.9. The fourth-order valence-electron chi connectivity index (χ4n) is 1.38. The fourth-order valence-corrected chi connectivity index (χ4v) is 1.92. The lowest BCUT2D eigenvalue weighted by Gasteiger charge is -2.23. The maximum absolute atomic E-state index is 13.1. The van der Waals surface area contributed by atoms with Crippen LogP contribution < -0.4 is 5.32 Å². The third kappa shape index (κ3) is 5.04. The molecule has 3 nitrogen and oxygen atoms in total. The zero-order valence-electron chi connectivity index (χ0n) is 10.7. The Hall–Kier alpha value is -1.10. The summed E-state index contributed by atoms with van der Waals surface area (Å²) in [6, 6.07) is 5.80. The molecular weight excluding hydrogens is 301 g/mol. The molecule has 100 valence electrons. The number of ether oxygens (including phenoxy) is 1. The summed E-state index contributed by atoms with van der Waals surface area (Å²) in [4.78, 5) is 11.6. The van der Waals surface area contributed by atoms with E-state index in [-0.39, 0.29) is 11.9 Å². The number of alkyl halides is 1. The van der Waals surface area contributed by atoms with Crippen molar-refractivity contribution in [3.8, 4) is 0 Å². The van der Waals surface area contributed by atoms with E-state index in [1.807, 2.05) is 0 Å². The number of alkyl carbamates (subject to hydrolysis) is 1. The molecule has 1 rings (SSSR count). The molecule has 1 aromatic rings. The summed E-state index contributed by atoms with van der Waals surface area (Å²) in [7, 11) is 0. The average molecular weight is 318 g/mol. The molecule has 0 spiro atoms.